The van der Waals surface area contributed by atoms with E-state index in [4.69, 9.17) is 10.5 Å². The topological polar surface area (TPSA) is 73.1 Å². The van der Waals surface area contributed by atoms with Gasteiger partial charge in [-0.1, -0.05) is 0 Å². The molecule has 1 aliphatic rings. The van der Waals surface area contributed by atoms with Crippen LogP contribution in [0.4, 0.5) is 5.95 Å². The van der Waals surface area contributed by atoms with Gasteiger partial charge in [0.1, 0.15) is 0 Å². The summed E-state index contributed by atoms with van der Waals surface area (Å²) in [6, 6.07) is 1.76. The summed E-state index contributed by atoms with van der Waals surface area (Å²) in [7, 11) is 0. The zero-order valence-corrected chi connectivity index (χ0v) is 10.4. The van der Waals surface area contributed by atoms with Gasteiger partial charge in [0.25, 0.3) is 0 Å². The molecule has 5 heteroatoms. The van der Waals surface area contributed by atoms with Gasteiger partial charge in [-0.15, -0.1) is 0 Å². The van der Waals surface area contributed by atoms with Crippen molar-refractivity contribution in [2.75, 3.05) is 11.9 Å². The number of nitrogens with zero attached hydrogens (tertiary/aromatic N) is 2. The molecule has 2 rings (SSSR count). The molecular weight excluding hydrogens is 216 g/mol. The second-order valence-corrected chi connectivity index (χ2v) is 4.85. The molecule has 1 fully saturated rings. The smallest absolute Gasteiger partial charge is 0.226 e. The molecule has 94 valence electrons. The Morgan fingerprint density at radius 2 is 2.29 bits per heavy atom. The Balaban J connectivity index is 2.05. The van der Waals surface area contributed by atoms with Gasteiger partial charge >= 0.3 is 0 Å². The van der Waals surface area contributed by atoms with Crippen LogP contribution < -0.4 is 15.8 Å². The second kappa shape index (κ2) is 4.87. The SMILES string of the molecule is CC(C)Oc1ccnc(NC2(CN)CCC2)n1. The molecule has 0 saturated heterocycles. The molecule has 17 heavy (non-hydrogen) atoms. The minimum absolute atomic E-state index is 0.00352. The molecule has 0 radical (unpaired) electrons. The third kappa shape index (κ3) is 2.85. The highest BCUT2D eigenvalue weighted by atomic mass is 16.5. The van der Waals surface area contributed by atoms with Crippen molar-refractivity contribution in [2.24, 2.45) is 5.73 Å². The average Bonchev–Trinajstić information content (AvgIpc) is 2.23. The number of rotatable bonds is 5. The zero-order valence-electron chi connectivity index (χ0n) is 10.4. The van der Waals surface area contributed by atoms with E-state index in [0.717, 1.165) is 12.8 Å². The van der Waals surface area contributed by atoms with Crippen LogP contribution in [0.1, 0.15) is 33.1 Å². The summed E-state index contributed by atoms with van der Waals surface area (Å²) in [5.74, 6) is 1.21. The van der Waals surface area contributed by atoms with Crippen LogP contribution in [0, 0.1) is 0 Å². The van der Waals surface area contributed by atoms with Crippen LogP contribution in [0.2, 0.25) is 0 Å². The number of nitrogens with one attached hydrogen (secondary N) is 1. The highest BCUT2D eigenvalue weighted by Gasteiger charge is 2.36. The molecule has 0 aromatic carbocycles. The summed E-state index contributed by atoms with van der Waals surface area (Å²) in [6.45, 7) is 4.57. The van der Waals surface area contributed by atoms with Crippen molar-refractivity contribution in [3.05, 3.63) is 12.3 Å². The van der Waals surface area contributed by atoms with E-state index in [1.807, 2.05) is 13.8 Å². The summed E-state index contributed by atoms with van der Waals surface area (Å²) >= 11 is 0. The molecule has 1 aliphatic carbocycles. The summed E-state index contributed by atoms with van der Waals surface area (Å²) in [6.07, 6.45) is 5.21. The standard InChI is InChI=1S/C12H20N4O/c1-9(2)17-10-4-7-14-11(15-10)16-12(8-13)5-3-6-12/h4,7,9H,3,5-6,8,13H2,1-2H3,(H,14,15,16). The lowest BCUT2D eigenvalue weighted by atomic mass is 9.77. The van der Waals surface area contributed by atoms with Gasteiger partial charge in [0, 0.05) is 18.8 Å². The molecule has 1 aromatic heterocycles. The largest absolute Gasteiger partial charge is 0.475 e. The van der Waals surface area contributed by atoms with Gasteiger partial charge in [-0.05, 0) is 33.1 Å². The third-order valence-electron chi connectivity index (χ3n) is 3.06. The van der Waals surface area contributed by atoms with Crippen molar-refractivity contribution in [1.29, 1.82) is 0 Å². The Hall–Kier alpha value is -1.36. The molecule has 0 aliphatic heterocycles. The maximum atomic E-state index is 5.79. The number of nitrogens with two attached hydrogens (primary N) is 1. The molecule has 3 N–H and O–H groups in total. The maximum Gasteiger partial charge on any atom is 0.226 e. The average molecular weight is 236 g/mol. The predicted octanol–water partition coefficient (Wildman–Crippen LogP) is 1.56. The Morgan fingerprint density at radius 3 is 2.82 bits per heavy atom. The van der Waals surface area contributed by atoms with Crippen LogP contribution in [-0.2, 0) is 0 Å². The minimum atomic E-state index is -0.00352. The highest BCUT2D eigenvalue weighted by molar-refractivity contribution is 5.33. The Kier molecular flexibility index (Phi) is 3.47. The predicted molar refractivity (Wildman–Crippen MR) is 67.1 cm³/mol. The van der Waals surface area contributed by atoms with Crippen molar-refractivity contribution in [3.8, 4) is 5.88 Å². The van der Waals surface area contributed by atoms with Crippen molar-refractivity contribution in [2.45, 2.75) is 44.8 Å². The number of ether oxygens (including phenoxy) is 1. The van der Waals surface area contributed by atoms with Crippen LogP contribution in [0.15, 0.2) is 12.3 Å². The Morgan fingerprint density at radius 1 is 1.53 bits per heavy atom. The number of anilines is 1. The van der Waals surface area contributed by atoms with Gasteiger partial charge in [0.15, 0.2) is 0 Å². The van der Waals surface area contributed by atoms with Crippen molar-refractivity contribution in [3.63, 3.8) is 0 Å². The molecule has 5 nitrogen and oxygen atoms in total. The summed E-state index contributed by atoms with van der Waals surface area (Å²) in [5, 5.41) is 3.33. The van der Waals surface area contributed by atoms with E-state index in [2.05, 4.69) is 15.3 Å². The highest BCUT2D eigenvalue weighted by Crippen LogP contribution is 2.33. The lowest BCUT2D eigenvalue weighted by molar-refractivity contribution is 0.232. The van der Waals surface area contributed by atoms with E-state index in [0.29, 0.717) is 18.4 Å². The van der Waals surface area contributed by atoms with Gasteiger partial charge in [-0.2, -0.15) is 4.98 Å². The first-order chi connectivity index (χ1) is 8.13. The van der Waals surface area contributed by atoms with Gasteiger partial charge in [-0.25, -0.2) is 4.98 Å². The molecule has 0 amide bonds. The number of hydrogen-bond acceptors (Lipinski definition) is 5. The van der Waals surface area contributed by atoms with Gasteiger partial charge < -0.3 is 15.8 Å². The van der Waals surface area contributed by atoms with E-state index >= 15 is 0 Å². The molecule has 0 spiro atoms. The van der Waals surface area contributed by atoms with Crippen LogP contribution in [0.5, 0.6) is 5.88 Å². The maximum absolute atomic E-state index is 5.79. The molecule has 1 aromatic rings. The van der Waals surface area contributed by atoms with Crippen LogP contribution in [0.25, 0.3) is 0 Å². The monoisotopic (exact) mass is 236 g/mol. The zero-order chi connectivity index (χ0) is 12.3. The van der Waals surface area contributed by atoms with Crippen molar-refractivity contribution < 1.29 is 4.74 Å². The summed E-state index contributed by atoms with van der Waals surface area (Å²) in [4.78, 5) is 8.53. The van der Waals surface area contributed by atoms with Crippen LogP contribution in [-0.4, -0.2) is 28.2 Å². The van der Waals surface area contributed by atoms with Crippen molar-refractivity contribution in [1.82, 2.24) is 9.97 Å². The van der Waals surface area contributed by atoms with E-state index in [-0.39, 0.29) is 11.6 Å². The van der Waals surface area contributed by atoms with Gasteiger partial charge in [-0.3, -0.25) is 0 Å². The minimum Gasteiger partial charge on any atom is -0.475 e. The van der Waals surface area contributed by atoms with E-state index in [9.17, 15) is 0 Å². The molecular formula is C12H20N4O. The quantitative estimate of drug-likeness (QED) is 0.811. The molecule has 1 saturated carbocycles. The number of hydrogen-bond donors (Lipinski definition) is 2. The van der Waals surface area contributed by atoms with E-state index in [1.54, 1.807) is 12.3 Å². The van der Waals surface area contributed by atoms with E-state index in [1.165, 1.54) is 6.42 Å². The summed E-state index contributed by atoms with van der Waals surface area (Å²) < 4.78 is 5.53. The Bertz CT molecular complexity index is 371. The fourth-order valence-electron chi connectivity index (χ4n) is 1.93. The normalized spacial score (nSPS) is 17.6. The fourth-order valence-corrected chi connectivity index (χ4v) is 1.93. The molecule has 0 unspecified atom stereocenters. The van der Waals surface area contributed by atoms with Gasteiger partial charge in [0.2, 0.25) is 11.8 Å². The van der Waals surface area contributed by atoms with Crippen LogP contribution >= 0.6 is 0 Å². The molecule has 0 atom stereocenters. The second-order valence-electron chi connectivity index (χ2n) is 4.85. The first kappa shape index (κ1) is 12.1. The number of aromatic nitrogens is 2. The Labute approximate surface area is 102 Å². The third-order valence-corrected chi connectivity index (χ3v) is 3.06. The first-order valence-corrected chi connectivity index (χ1v) is 6.11. The lowest BCUT2D eigenvalue weighted by Crippen LogP contribution is -2.51. The fraction of sp³-hybridized carbons (Fsp3) is 0.667. The van der Waals surface area contributed by atoms with Crippen LogP contribution in [0.3, 0.4) is 0 Å². The van der Waals surface area contributed by atoms with E-state index < -0.39 is 0 Å². The molecule has 1 heterocycles. The van der Waals surface area contributed by atoms with Gasteiger partial charge in [0.05, 0.1) is 11.6 Å². The lowest BCUT2D eigenvalue weighted by Gasteiger charge is -2.41. The first-order valence-electron chi connectivity index (χ1n) is 6.11. The molecule has 0 bridgehead atoms. The summed E-state index contributed by atoms with van der Waals surface area (Å²) in [5.41, 5.74) is 5.78. The van der Waals surface area contributed by atoms with Crippen molar-refractivity contribution >= 4 is 5.95 Å².